The number of hydrogen-bond acceptors (Lipinski definition) is 4. The Morgan fingerprint density at radius 3 is 2.85 bits per heavy atom. The predicted molar refractivity (Wildman–Crippen MR) is 70.5 cm³/mol. The summed E-state index contributed by atoms with van der Waals surface area (Å²) in [5, 5.41) is 7.86. The van der Waals surface area contributed by atoms with E-state index in [4.69, 9.17) is 11.6 Å². The average molecular weight is 297 g/mol. The molecule has 0 aromatic carbocycles. The van der Waals surface area contributed by atoms with Gasteiger partial charge in [0, 0.05) is 6.20 Å². The molecule has 2 aromatic heterocycles. The van der Waals surface area contributed by atoms with Gasteiger partial charge in [-0.15, -0.1) is 10.2 Å². The number of aromatic amines is 2. The normalized spacial score (nSPS) is 20.9. The Labute approximate surface area is 117 Å². The first-order valence-electron chi connectivity index (χ1n) is 6.01. The van der Waals surface area contributed by atoms with Crippen LogP contribution in [0.15, 0.2) is 21.9 Å². The van der Waals surface area contributed by atoms with E-state index in [1.165, 1.54) is 6.20 Å². The van der Waals surface area contributed by atoms with Gasteiger partial charge in [0.15, 0.2) is 5.15 Å². The highest BCUT2D eigenvalue weighted by molar-refractivity contribution is 6.30. The first kappa shape index (κ1) is 13.0. The fourth-order valence-electron chi connectivity index (χ4n) is 2.18. The molecular weight excluding hydrogens is 287 g/mol. The molecule has 2 aromatic rings. The summed E-state index contributed by atoms with van der Waals surface area (Å²) in [6, 6.07) is 1.62. The summed E-state index contributed by atoms with van der Waals surface area (Å²) in [5.74, 6) is -0.0259. The van der Waals surface area contributed by atoms with E-state index in [0.29, 0.717) is 17.7 Å². The van der Waals surface area contributed by atoms with Crippen molar-refractivity contribution in [3.63, 3.8) is 0 Å². The first-order valence-corrected chi connectivity index (χ1v) is 6.39. The van der Waals surface area contributed by atoms with Crippen molar-refractivity contribution < 1.29 is 4.39 Å². The van der Waals surface area contributed by atoms with Gasteiger partial charge in [0.05, 0.1) is 12.2 Å². The standard InChI is InChI=1S/C12H10ClFN4O2/c13-10-7(6-1-5(6)3-14)2-9(17-18-10)8-4-15-12(20)16-11(8)19/h2,4-6H,1,3H2,(H2,15,16,19,20)/t5-,6+/m1/s1. The minimum atomic E-state index is -0.597. The van der Waals surface area contributed by atoms with Crippen molar-refractivity contribution in [3.8, 4) is 11.3 Å². The van der Waals surface area contributed by atoms with E-state index in [-0.39, 0.29) is 22.6 Å². The van der Waals surface area contributed by atoms with E-state index < -0.39 is 17.9 Å². The molecule has 2 atom stereocenters. The maximum Gasteiger partial charge on any atom is 0.325 e. The van der Waals surface area contributed by atoms with Gasteiger partial charge in [-0.3, -0.25) is 14.2 Å². The highest BCUT2D eigenvalue weighted by Crippen LogP contribution is 2.49. The lowest BCUT2D eigenvalue weighted by molar-refractivity contribution is 0.452. The summed E-state index contributed by atoms with van der Waals surface area (Å²) >= 11 is 5.97. The summed E-state index contributed by atoms with van der Waals surface area (Å²) in [7, 11) is 0. The Hall–Kier alpha value is -2.02. The van der Waals surface area contributed by atoms with E-state index >= 15 is 0 Å². The van der Waals surface area contributed by atoms with Crippen molar-refractivity contribution in [2.24, 2.45) is 5.92 Å². The molecular formula is C12H10ClFN4O2. The Bertz CT molecular complexity index is 773. The summed E-state index contributed by atoms with van der Waals surface area (Å²) in [6.07, 6.45) is 1.98. The first-order chi connectivity index (χ1) is 9.60. The van der Waals surface area contributed by atoms with Gasteiger partial charge in [0.1, 0.15) is 5.69 Å². The second-order valence-electron chi connectivity index (χ2n) is 4.72. The van der Waals surface area contributed by atoms with Crippen molar-refractivity contribution in [1.29, 1.82) is 0 Å². The van der Waals surface area contributed by atoms with Crippen LogP contribution in [0.3, 0.4) is 0 Å². The summed E-state index contributed by atoms with van der Waals surface area (Å²) in [5.41, 5.74) is 0.0125. The van der Waals surface area contributed by atoms with Crippen molar-refractivity contribution in [2.75, 3.05) is 6.67 Å². The number of rotatable bonds is 3. The van der Waals surface area contributed by atoms with Gasteiger partial charge in [-0.2, -0.15) is 0 Å². The number of halogens is 2. The summed E-state index contributed by atoms with van der Waals surface area (Å²) in [6.45, 7) is -0.405. The van der Waals surface area contributed by atoms with Gasteiger partial charge in [-0.1, -0.05) is 11.6 Å². The second kappa shape index (κ2) is 4.82. The summed E-state index contributed by atoms with van der Waals surface area (Å²) < 4.78 is 12.6. The van der Waals surface area contributed by atoms with Crippen LogP contribution in [-0.4, -0.2) is 26.8 Å². The number of nitrogens with zero attached hydrogens (tertiary/aromatic N) is 2. The topological polar surface area (TPSA) is 91.5 Å². The van der Waals surface area contributed by atoms with Crippen LogP contribution < -0.4 is 11.2 Å². The number of alkyl halides is 1. The fraction of sp³-hybridized carbons (Fsp3) is 0.333. The Balaban J connectivity index is 2.05. The molecule has 2 heterocycles. The Morgan fingerprint density at radius 1 is 1.40 bits per heavy atom. The largest absolute Gasteiger partial charge is 0.325 e. The van der Waals surface area contributed by atoms with Crippen LogP contribution in [0.4, 0.5) is 4.39 Å². The van der Waals surface area contributed by atoms with Crippen molar-refractivity contribution in [2.45, 2.75) is 12.3 Å². The molecule has 1 fully saturated rings. The third-order valence-electron chi connectivity index (χ3n) is 3.39. The Kier molecular flexibility index (Phi) is 3.13. The molecule has 0 amide bonds. The lowest BCUT2D eigenvalue weighted by Crippen LogP contribution is -2.23. The molecule has 0 spiro atoms. The van der Waals surface area contributed by atoms with Crippen LogP contribution in [0.25, 0.3) is 11.3 Å². The van der Waals surface area contributed by atoms with E-state index in [2.05, 4.69) is 20.2 Å². The quantitative estimate of drug-likeness (QED) is 0.891. The van der Waals surface area contributed by atoms with Crippen molar-refractivity contribution in [3.05, 3.63) is 43.8 Å². The third kappa shape index (κ3) is 2.24. The predicted octanol–water partition coefficient (Wildman–Crippen LogP) is 1.25. The van der Waals surface area contributed by atoms with Crippen LogP contribution >= 0.6 is 11.6 Å². The minimum absolute atomic E-state index is 0.0172. The zero-order valence-corrected chi connectivity index (χ0v) is 10.9. The molecule has 1 aliphatic rings. The average Bonchev–Trinajstić information content (AvgIpc) is 3.19. The molecule has 2 N–H and O–H groups in total. The molecule has 104 valence electrons. The molecule has 1 aliphatic carbocycles. The molecule has 3 rings (SSSR count). The minimum Gasteiger partial charge on any atom is -0.313 e. The molecule has 20 heavy (non-hydrogen) atoms. The molecule has 8 heteroatoms. The van der Waals surface area contributed by atoms with Gasteiger partial charge in [0.2, 0.25) is 0 Å². The molecule has 0 aliphatic heterocycles. The van der Waals surface area contributed by atoms with Crippen LogP contribution in [0.1, 0.15) is 17.9 Å². The highest BCUT2D eigenvalue weighted by Gasteiger charge is 2.40. The maximum atomic E-state index is 12.6. The molecule has 0 saturated heterocycles. The molecule has 0 unspecified atom stereocenters. The number of nitrogens with one attached hydrogen (secondary N) is 2. The van der Waals surface area contributed by atoms with Crippen LogP contribution in [0.2, 0.25) is 5.15 Å². The maximum absolute atomic E-state index is 12.6. The van der Waals surface area contributed by atoms with E-state index in [1.807, 2.05) is 0 Å². The van der Waals surface area contributed by atoms with Crippen molar-refractivity contribution in [1.82, 2.24) is 20.2 Å². The summed E-state index contributed by atoms with van der Waals surface area (Å²) in [4.78, 5) is 27.2. The second-order valence-corrected chi connectivity index (χ2v) is 5.08. The van der Waals surface area contributed by atoms with E-state index in [1.54, 1.807) is 6.07 Å². The lowest BCUT2D eigenvalue weighted by atomic mass is 10.1. The van der Waals surface area contributed by atoms with E-state index in [0.717, 1.165) is 0 Å². The van der Waals surface area contributed by atoms with Gasteiger partial charge in [0.25, 0.3) is 5.56 Å². The van der Waals surface area contributed by atoms with Crippen molar-refractivity contribution >= 4 is 11.6 Å². The molecule has 0 bridgehead atoms. The van der Waals surface area contributed by atoms with Crippen LogP contribution in [0, 0.1) is 5.92 Å². The zero-order valence-electron chi connectivity index (χ0n) is 10.2. The number of H-pyrrole nitrogens is 2. The number of hydrogen-bond donors (Lipinski definition) is 2. The van der Waals surface area contributed by atoms with Gasteiger partial charge < -0.3 is 4.98 Å². The van der Waals surface area contributed by atoms with Gasteiger partial charge in [-0.05, 0) is 29.9 Å². The lowest BCUT2D eigenvalue weighted by Gasteiger charge is -2.04. The third-order valence-corrected chi connectivity index (χ3v) is 3.69. The fourth-order valence-corrected chi connectivity index (χ4v) is 2.41. The highest BCUT2D eigenvalue weighted by atomic mass is 35.5. The smallest absolute Gasteiger partial charge is 0.313 e. The monoisotopic (exact) mass is 296 g/mol. The molecule has 1 saturated carbocycles. The molecule has 6 nitrogen and oxygen atoms in total. The molecule has 0 radical (unpaired) electrons. The van der Waals surface area contributed by atoms with Crippen LogP contribution in [-0.2, 0) is 0 Å². The number of aromatic nitrogens is 4. The van der Waals surface area contributed by atoms with Gasteiger partial charge >= 0.3 is 5.69 Å². The SMILES string of the molecule is O=c1[nH]cc(-c2cc([C@H]3C[C@@H]3CF)c(Cl)nn2)c(=O)[nH]1. The van der Waals surface area contributed by atoms with Crippen LogP contribution in [0.5, 0.6) is 0 Å². The van der Waals surface area contributed by atoms with E-state index in [9.17, 15) is 14.0 Å². The Morgan fingerprint density at radius 2 is 2.20 bits per heavy atom. The zero-order chi connectivity index (χ0) is 14.3. The van der Waals surface area contributed by atoms with Gasteiger partial charge in [-0.25, -0.2) is 4.79 Å².